The van der Waals surface area contributed by atoms with E-state index in [1.807, 2.05) is 0 Å². The smallest absolute Gasteiger partial charge is 0.463 e. The maximum atomic E-state index is 12.4. The summed E-state index contributed by atoms with van der Waals surface area (Å²) in [6.07, 6.45) is -7.10. The zero-order valence-corrected chi connectivity index (χ0v) is 19.7. The van der Waals surface area contributed by atoms with E-state index in [-0.39, 0.29) is 11.4 Å². The third kappa shape index (κ3) is 8.19. The van der Waals surface area contributed by atoms with E-state index < -0.39 is 72.1 Å². The quantitative estimate of drug-likeness (QED) is 0.169. The highest BCUT2D eigenvalue weighted by atomic mass is 16.8. The first-order valence-electron chi connectivity index (χ1n) is 10.4. The summed E-state index contributed by atoms with van der Waals surface area (Å²) >= 11 is 0. The van der Waals surface area contributed by atoms with E-state index in [2.05, 4.69) is 5.32 Å². The first kappa shape index (κ1) is 28.0. The van der Waals surface area contributed by atoms with Gasteiger partial charge in [-0.05, 0) is 12.1 Å². The number of carbonyl (C=O) groups is 5. The minimum absolute atomic E-state index is 0.108. The zero-order valence-electron chi connectivity index (χ0n) is 19.7. The van der Waals surface area contributed by atoms with Gasteiger partial charge in [-0.15, -0.1) is 0 Å². The summed E-state index contributed by atoms with van der Waals surface area (Å²) in [6, 6.07) is 3.10. The van der Waals surface area contributed by atoms with Crippen LogP contribution in [0.3, 0.4) is 0 Å². The lowest BCUT2D eigenvalue weighted by Gasteiger charge is -2.44. The number of benzene rings is 1. The second-order valence-electron chi connectivity index (χ2n) is 7.44. The fourth-order valence-electron chi connectivity index (χ4n) is 3.24. The molecule has 1 fully saturated rings. The molecule has 1 aliphatic heterocycles. The number of nitrogens with zero attached hydrogens (tertiary/aromatic N) is 1. The molecule has 1 aliphatic rings. The third-order valence-corrected chi connectivity index (χ3v) is 4.53. The first-order valence-corrected chi connectivity index (χ1v) is 10.4. The molecule has 1 aromatic rings. The van der Waals surface area contributed by atoms with Gasteiger partial charge in [-0.3, -0.25) is 29.3 Å². The van der Waals surface area contributed by atoms with Crippen molar-refractivity contribution in [3.63, 3.8) is 0 Å². The Hall–Kier alpha value is -4.27. The van der Waals surface area contributed by atoms with Gasteiger partial charge in [0.05, 0.1) is 4.92 Å². The number of nitro benzene ring substituents is 1. The minimum Gasteiger partial charge on any atom is -0.463 e. The van der Waals surface area contributed by atoms with Crippen molar-refractivity contribution in [2.75, 3.05) is 6.61 Å². The number of hydrogen-bond acceptors (Lipinski definition) is 13. The standard InChI is InChI=1S/C21H24N2O13/c1-10(24)22-17-19(33-13(4)27)18(32-12(3)26)16(9-31-11(2)25)35-20(17)36-21(28)34-15-7-5-14(6-8-15)23(29)30/h5-8,16-20H,9H2,1-4H3,(H,22,24)/t16-,17-,18-,19-,20-/m1/s1. The lowest BCUT2D eigenvalue weighted by molar-refractivity contribution is -0.384. The van der Waals surface area contributed by atoms with Crippen LogP contribution in [0.2, 0.25) is 0 Å². The molecule has 15 nitrogen and oxygen atoms in total. The van der Waals surface area contributed by atoms with Gasteiger partial charge in [-0.1, -0.05) is 0 Å². The van der Waals surface area contributed by atoms with Crippen LogP contribution in [0.15, 0.2) is 24.3 Å². The van der Waals surface area contributed by atoms with Gasteiger partial charge in [0.2, 0.25) is 12.2 Å². The third-order valence-electron chi connectivity index (χ3n) is 4.53. The summed E-state index contributed by atoms with van der Waals surface area (Å²) in [6.45, 7) is 3.89. The molecule has 36 heavy (non-hydrogen) atoms. The van der Waals surface area contributed by atoms with Gasteiger partial charge in [0.1, 0.15) is 24.5 Å². The predicted molar refractivity (Wildman–Crippen MR) is 114 cm³/mol. The van der Waals surface area contributed by atoms with Crippen molar-refractivity contribution in [1.29, 1.82) is 0 Å². The summed E-state index contributed by atoms with van der Waals surface area (Å²) in [5.74, 6) is -3.08. The van der Waals surface area contributed by atoms with Gasteiger partial charge >= 0.3 is 24.1 Å². The molecule has 15 heteroatoms. The van der Waals surface area contributed by atoms with Crippen molar-refractivity contribution in [3.8, 4) is 5.75 Å². The van der Waals surface area contributed by atoms with Crippen molar-refractivity contribution in [1.82, 2.24) is 5.32 Å². The Morgan fingerprint density at radius 1 is 0.917 bits per heavy atom. The van der Waals surface area contributed by atoms with Crippen LogP contribution in [0.5, 0.6) is 5.75 Å². The molecule has 0 saturated carbocycles. The average Bonchev–Trinajstić information content (AvgIpc) is 2.76. The second-order valence-corrected chi connectivity index (χ2v) is 7.44. The molecular weight excluding hydrogens is 488 g/mol. The topological polar surface area (TPSA) is 196 Å². The van der Waals surface area contributed by atoms with Gasteiger partial charge in [0.25, 0.3) is 5.69 Å². The van der Waals surface area contributed by atoms with E-state index in [9.17, 15) is 34.1 Å². The molecule has 196 valence electrons. The molecule has 0 unspecified atom stereocenters. The van der Waals surface area contributed by atoms with Crippen molar-refractivity contribution >= 4 is 35.7 Å². The molecule has 1 N–H and O–H groups in total. The number of non-ortho nitro benzene ring substituents is 1. The Morgan fingerprint density at radius 2 is 1.50 bits per heavy atom. The molecule has 5 atom stereocenters. The van der Waals surface area contributed by atoms with Crippen molar-refractivity contribution in [3.05, 3.63) is 34.4 Å². The van der Waals surface area contributed by atoms with E-state index in [1.54, 1.807) is 0 Å². The summed E-state index contributed by atoms with van der Waals surface area (Å²) in [7, 11) is 0. The van der Waals surface area contributed by atoms with Crippen molar-refractivity contribution in [2.24, 2.45) is 0 Å². The van der Waals surface area contributed by atoms with Crippen LogP contribution in [0.4, 0.5) is 10.5 Å². The van der Waals surface area contributed by atoms with E-state index in [1.165, 1.54) is 0 Å². The predicted octanol–water partition coefficient (Wildman–Crippen LogP) is 0.766. The molecule has 0 spiro atoms. The van der Waals surface area contributed by atoms with Gasteiger partial charge in [-0.2, -0.15) is 0 Å². The van der Waals surface area contributed by atoms with Gasteiger partial charge < -0.3 is 33.7 Å². The van der Waals surface area contributed by atoms with Gasteiger partial charge in [0, 0.05) is 39.8 Å². The molecule has 1 amide bonds. The Morgan fingerprint density at radius 3 is 2.00 bits per heavy atom. The highest BCUT2D eigenvalue weighted by Crippen LogP contribution is 2.28. The normalized spacial score (nSPS) is 22.9. The Bertz CT molecular complexity index is 1010. The number of rotatable bonds is 8. The lowest BCUT2D eigenvalue weighted by Crippen LogP contribution is -2.66. The molecule has 1 saturated heterocycles. The number of carbonyl (C=O) groups excluding carboxylic acids is 5. The Balaban J connectivity index is 2.33. The van der Waals surface area contributed by atoms with E-state index in [0.717, 1.165) is 52.0 Å². The number of nitro groups is 1. The fourth-order valence-corrected chi connectivity index (χ4v) is 3.24. The van der Waals surface area contributed by atoms with E-state index in [4.69, 9.17) is 28.4 Å². The molecule has 0 radical (unpaired) electrons. The maximum absolute atomic E-state index is 12.4. The summed E-state index contributed by atoms with van der Waals surface area (Å²) < 4.78 is 31.3. The van der Waals surface area contributed by atoms with E-state index >= 15 is 0 Å². The highest BCUT2D eigenvalue weighted by molar-refractivity contribution is 5.74. The summed E-state index contributed by atoms with van der Waals surface area (Å²) in [5.41, 5.74) is -0.244. The highest BCUT2D eigenvalue weighted by Gasteiger charge is 2.52. The summed E-state index contributed by atoms with van der Waals surface area (Å²) in [4.78, 5) is 69.3. The number of ether oxygens (including phenoxy) is 6. The number of hydrogen-bond donors (Lipinski definition) is 1. The van der Waals surface area contributed by atoms with Crippen LogP contribution < -0.4 is 10.1 Å². The zero-order chi connectivity index (χ0) is 27.0. The molecule has 0 aliphatic carbocycles. The SMILES string of the molecule is CC(=O)N[C@H]1[C@@H](OC(=O)Oc2ccc([N+](=O)[O-])cc2)O[C@H](COC(C)=O)[C@@H](OC(C)=O)[C@@H]1OC(C)=O. The molecular formula is C21H24N2O13. The van der Waals surface area contributed by atoms with Crippen molar-refractivity contribution in [2.45, 2.75) is 58.3 Å². The summed E-state index contributed by atoms with van der Waals surface area (Å²) in [5, 5.41) is 13.2. The van der Waals surface area contributed by atoms with E-state index in [0.29, 0.717) is 0 Å². The fraction of sp³-hybridized carbons (Fsp3) is 0.476. The molecule has 1 heterocycles. The maximum Gasteiger partial charge on any atom is 0.516 e. The molecule has 1 aromatic carbocycles. The van der Waals surface area contributed by atoms with Crippen LogP contribution in [0, 0.1) is 10.1 Å². The second kappa shape index (κ2) is 12.4. The molecule has 0 bridgehead atoms. The van der Waals surface area contributed by atoms with Gasteiger partial charge in [-0.25, -0.2) is 4.79 Å². The average molecular weight is 512 g/mol. The Kier molecular flexibility index (Phi) is 9.66. The van der Waals surface area contributed by atoms with Crippen LogP contribution in [-0.2, 0) is 42.9 Å². The van der Waals surface area contributed by atoms with Crippen LogP contribution >= 0.6 is 0 Å². The first-order chi connectivity index (χ1) is 16.9. The molecule has 0 aromatic heterocycles. The van der Waals surface area contributed by atoms with Crippen LogP contribution in [0.25, 0.3) is 0 Å². The Labute approximate surface area is 204 Å². The molecule has 2 rings (SSSR count). The van der Waals surface area contributed by atoms with Gasteiger partial charge in [0.15, 0.2) is 12.2 Å². The monoisotopic (exact) mass is 512 g/mol. The van der Waals surface area contributed by atoms with Crippen molar-refractivity contribution < 1.29 is 57.3 Å². The number of amides is 1. The minimum atomic E-state index is -1.67. The van der Waals surface area contributed by atoms with Crippen LogP contribution in [0.1, 0.15) is 27.7 Å². The largest absolute Gasteiger partial charge is 0.516 e. The number of nitrogens with one attached hydrogen (secondary N) is 1. The number of esters is 3. The van der Waals surface area contributed by atoms with Crippen LogP contribution in [-0.4, -0.2) is 72.1 Å². The lowest BCUT2D eigenvalue weighted by atomic mass is 9.96.